The van der Waals surface area contributed by atoms with Crippen LogP contribution in [0.15, 0.2) is 6.20 Å². The average molecular weight is 225 g/mol. The van der Waals surface area contributed by atoms with E-state index < -0.39 is 0 Å². The average Bonchev–Trinajstić information content (AvgIpc) is 2.45. The summed E-state index contributed by atoms with van der Waals surface area (Å²) in [6.07, 6.45) is 4.37. The van der Waals surface area contributed by atoms with Crippen LogP contribution in [0.1, 0.15) is 57.8 Å². The zero-order valence-electron chi connectivity index (χ0n) is 10.8. The van der Waals surface area contributed by atoms with E-state index in [0.29, 0.717) is 5.41 Å². The van der Waals surface area contributed by atoms with Gasteiger partial charge in [0.1, 0.15) is 0 Å². The van der Waals surface area contributed by atoms with Crippen LogP contribution in [0.25, 0.3) is 0 Å². The molecule has 0 radical (unpaired) electrons. The van der Waals surface area contributed by atoms with Crippen LogP contribution in [0.5, 0.6) is 0 Å². The van der Waals surface area contributed by atoms with Gasteiger partial charge in [0.2, 0.25) is 0 Å². The van der Waals surface area contributed by atoms with Gasteiger partial charge in [0, 0.05) is 11.1 Å². The Hall–Kier alpha value is -0.370. The number of hydrogen-bond donors (Lipinski definition) is 0. The number of aromatic nitrogens is 1. The first-order valence-electron chi connectivity index (χ1n) is 5.64. The summed E-state index contributed by atoms with van der Waals surface area (Å²) in [7, 11) is 0. The molecule has 0 saturated carbocycles. The molecule has 0 fully saturated rings. The SMILES string of the molecule is CC(C)(C)CCc1ncc(C(C)(C)C)s1. The Kier molecular flexibility index (Phi) is 3.59. The van der Waals surface area contributed by atoms with Crippen LogP contribution >= 0.6 is 11.3 Å². The zero-order chi connectivity index (χ0) is 11.7. The molecule has 0 N–H and O–H groups in total. The van der Waals surface area contributed by atoms with Crippen molar-refractivity contribution in [2.75, 3.05) is 0 Å². The van der Waals surface area contributed by atoms with E-state index in [-0.39, 0.29) is 5.41 Å². The fourth-order valence-electron chi connectivity index (χ4n) is 1.25. The van der Waals surface area contributed by atoms with Crippen molar-refractivity contribution in [3.8, 4) is 0 Å². The monoisotopic (exact) mass is 225 g/mol. The minimum Gasteiger partial charge on any atom is -0.249 e. The van der Waals surface area contributed by atoms with Crippen molar-refractivity contribution in [1.82, 2.24) is 4.98 Å². The molecule has 1 nitrogen and oxygen atoms in total. The summed E-state index contributed by atoms with van der Waals surface area (Å²) >= 11 is 1.87. The first-order chi connectivity index (χ1) is 6.68. The fraction of sp³-hybridized carbons (Fsp3) is 0.769. The molecule has 0 aliphatic heterocycles. The smallest absolute Gasteiger partial charge is 0.0928 e. The lowest BCUT2D eigenvalue weighted by Gasteiger charge is -2.16. The molecule has 0 aliphatic carbocycles. The van der Waals surface area contributed by atoms with Gasteiger partial charge in [0.25, 0.3) is 0 Å². The summed E-state index contributed by atoms with van der Waals surface area (Å²) < 4.78 is 0. The van der Waals surface area contributed by atoms with Crippen molar-refractivity contribution in [3.05, 3.63) is 16.1 Å². The van der Waals surface area contributed by atoms with E-state index in [4.69, 9.17) is 0 Å². The van der Waals surface area contributed by atoms with E-state index in [0.717, 1.165) is 6.42 Å². The molecule has 15 heavy (non-hydrogen) atoms. The van der Waals surface area contributed by atoms with E-state index in [1.54, 1.807) is 0 Å². The first kappa shape index (κ1) is 12.7. The first-order valence-corrected chi connectivity index (χ1v) is 6.45. The van der Waals surface area contributed by atoms with E-state index >= 15 is 0 Å². The number of rotatable bonds is 2. The summed E-state index contributed by atoms with van der Waals surface area (Å²) in [4.78, 5) is 5.90. The summed E-state index contributed by atoms with van der Waals surface area (Å²) in [6.45, 7) is 13.6. The van der Waals surface area contributed by atoms with E-state index in [9.17, 15) is 0 Å². The maximum absolute atomic E-state index is 4.50. The van der Waals surface area contributed by atoms with Crippen molar-refractivity contribution in [3.63, 3.8) is 0 Å². The van der Waals surface area contributed by atoms with Crippen LogP contribution in [-0.2, 0) is 11.8 Å². The predicted octanol–water partition coefficient (Wildman–Crippen LogP) is 4.42. The van der Waals surface area contributed by atoms with Gasteiger partial charge in [-0.2, -0.15) is 0 Å². The highest BCUT2D eigenvalue weighted by molar-refractivity contribution is 7.11. The van der Waals surface area contributed by atoms with Crippen LogP contribution in [0, 0.1) is 5.41 Å². The molecule has 1 heterocycles. The Balaban J connectivity index is 2.62. The highest BCUT2D eigenvalue weighted by atomic mass is 32.1. The molecule has 86 valence electrons. The summed E-state index contributed by atoms with van der Waals surface area (Å²) in [5.74, 6) is 0. The van der Waals surface area contributed by atoms with E-state index in [1.807, 2.05) is 17.5 Å². The third kappa shape index (κ3) is 4.33. The van der Waals surface area contributed by atoms with Crippen LogP contribution in [0.4, 0.5) is 0 Å². The molecule has 2 heteroatoms. The minimum absolute atomic E-state index is 0.248. The van der Waals surface area contributed by atoms with Crippen molar-refractivity contribution in [2.45, 2.75) is 59.8 Å². The molecular formula is C13H23NS. The van der Waals surface area contributed by atoms with Crippen molar-refractivity contribution >= 4 is 11.3 Å². The third-order valence-corrected chi connectivity index (χ3v) is 3.86. The second kappa shape index (κ2) is 4.25. The molecule has 0 bridgehead atoms. The highest BCUT2D eigenvalue weighted by Gasteiger charge is 2.18. The summed E-state index contributed by atoms with van der Waals surface area (Å²) in [5.41, 5.74) is 0.658. The lowest BCUT2D eigenvalue weighted by atomic mass is 9.91. The van der Waals surface area contributed by atoms with Gasteiger partial charge >= 0.3 is 0 Å². The van der Waals surface area contributed by atoms with Crippen LogP contribution in [-0.4, -0.2) is 4.98 Å². The molecule has 1 aromatic rings. The molecule has 0 amide bonds. The summed E-state index contributed by atoms with van der Waals surface area (Å²) in [5, 5.41) is 1.29. The molecule has 1 aromatic heterocycles. The van der Waals surface area contributed by atoms with Gasteiger partial charge in [0.05, 0.1) is 5.01 Å². The van der Waals surface area contributed by atoms with Gasteiger partial charge in [-0.05, 0) is 23.7 Å². The van der Waals surface area contributed by atoms with Gasteiger partial charge in [-0.25, -0.2) is 4.98 Å². The predicted molar refractivity (Wildman–Crippen MR) is 68.6 cm³/mol. The third-order valence-electron chi connectivity index (χ3n) is 2.38. The minimum atomic E-state index is 0.248. The van der Waals surface area contributed by atoms with Gasteiger partial charge in [-0.15, -0.1) is 11.3 Å². The van der Waals surface area contributed by atoms with Crippen LogP contribution in [0.3, 0.4) is 0 Å². The molecule has 0 atom stereocenters. The number of thiazole rings is 1. The molecule has 0 saturated heterocycles. The second-order valence-electron chi connectivity index (χ2n) is 6.43. The number of nitrogens with zero attached hydrogens (tertiary/aromatic N) is 1. The Morgan fingerprint density at radius 3 is 2.13 bits per heavy atom. The zero-order valence-corrected chi connectivity index (χ0v) is 11.7. The van der Waals surface area contributed by atoms with Gasteiger partial charge < -0.3 is 0 Å². The largest absolute Gasteiger partial charge is 0.249 e. The van der Waals surface area contributed by atoms with Crippen molar-refractivity contribution in [2.24, 2.45) is 5.41 Å². The van der Waals surface area contributed by atoms with E-state index in [1.165, 1.54) is 16.3 Å². The molecule has 0 spiro atoms. The Morgan fingerprint density at radius 2 is 1.73 bits per heavy atom. The Bertz CT molecular complexity index is 312. The van der Waals surface area contributed by atoms with Crippen LogP contribution in [0.2, 0.25) is 0 Å². The van der Waals surface area contributed by atoms with Gasteiger partial charge in [-0.3, -0.25) is 0 Å². The standard InChI is InChI=1S/C13H23NS/c1-12(2,3)8-7-11-14-9-10(15-11)13(4,5)6/h9H,7-8H2,1-6H3. The van der Waals surface area contributed by atoms with E-state index in [2.05, 4.69) is 46.5 Å². The van der Waals surface area contributed by atoms with Crippen LogP contribution < -0.4 is 0 Å². The topological polar surface area (TPSA) is 12.9 Å². The maximum atomic E-state index is 4.50. The normalized spacial score (nSPS) is 13.2. The molecule has 0 aliphatic rings. The molecule has 0 aromatic carbocycles. The fourth-order valence-corrected chi connectivity index (χ4v) is 2.23. The highest BCUT2D eigenvalue weighted by Crippen LogP contribution is 2.29. The van der Waals surface area contributed by atoms with Gasteiger partial charge in [-0.1, -0.05) is 41.5 Å². The second-order valence-corrected chi connectivity index (χ2v) is 7.54. The van der Waals surface area contributed by atoms with Crippen molar-refractivity contribution < 1.29 is 0 Å². The molecular weight excluding hydrogens is 202 g/mol. The lowest BCUT2D eigenvalue weighted by molar-refractivity contribution is 0.378. The lowest BCUT2D eigenvalue weighted by Crippen LogP contribution is -2.08. The molecule has 0 unspecified atom stereocenters. The Morgan fingerprint density at radius 1 is 1.13 bits per heavy atom. The summed E-state index contributed by atoms with van der Waals surface area (Å²) in [6, 6.07) is 0. The number of hydrogen-bond acceptors (Lipinski definition) is 2. The molecule has 1 rings (SSSR count). The maximum Gasteiger partial charge on any atom is 0.0928 e. The van der Waals surface area contributed by atoms with Crippen molar-refractivity contribution in [1.29, 1.82) is 0 Å². The van der Waals surface area contributed by atoms with Gasteiger partial charge in [0.15, 0.2) is 0 Å². The number of aryl methyl sites for hydroxylation is 1. The quantitative estimate of drug-likeness (QED) is 0.726. The Labute approximate surface area is 97.9 Å².